The molecule has 3 rings (SSSR count). The lowest BCUT2D eigenvalue weighted by Gasteiger charge is -2.25. The van der Waals surface area contributed by atoms with E-state index < -0.39 is 11.2 Å². The molecule has 3 N–H and O–H groups in total. The number of hydrogen-bond acceptors (Lipinski definition) is 5. The van der Waals surface area contributed by atoms with Gasteiger partial charge in [-0.1, -0.05) is 43.2 Å². The molecule has 8 nitrogen and oxygen atoms in total. The van der Waals surface area contributed by atoms with Gasteiger partial charge in [0.25, 0.3) is 5.56 Å². The van der Waals surface area contributed by atoms with E-state index in [0.29, 0.717) is 31.9 Å². The maximum Gasteiger partial charge on any atom is 0.330 e. The van der Waals surface area contributed by atoms with E-state index in [1.807, 2.05) is 30.3 Å². The summed E-state index contributed by atoms with van der Waals surface area (Å²) in [5.41, 5.74) is 5.98. The summed E-state index contributed by atoms with van der Waals surface area (Å²) in [6.45, 7) is 0.961. The smallest absolute Gasteiger partial charge is 0.330 e. The van der Waals surface area contributed by atoms with Crippen molar-refractivity contribution in [2.24, 2.45) is 5.92 Å². The average Bonchev–Trinajstić information content (AvgIpc) is 3.23. The number of anilines is 2. The minimum Gasteiger partial charge on any atom is -0.385 e. The van der Waals surface area contributed by atoms with Crippen molar-refractivity contribution in [3.8, 4) is 0 Å². The van der Waals surface area contributed by atoms with Gasteiger partial charge in [-0.15, -0.1) is 0 Å². The second-order valence-electron chi connectivity index (χ2n) is 7.81. The SMILES string of the molecule is COCCCN(C(=O)CC1CCCC1)c1c(N)n(Cc2ccccc2)c(=O)[nH]c1=O. The minimum atomic E-state index is -0.640. The third-order valence-corrected chi connectivity index (χ3v) is 5.64. The second-order valence-corrected chi connectivity index (χ2v) is 7.81. The summed E-state index contributed by atoms with van der Waals surface area (Å²) < 4.78 is 6.42. The molecule has 0 radical (unpaired) electrons. The molecule has 1 aromatic heterocycles. The van der Waals surface area contributed by atoms with Crippen LogP contribution in [-0.4, -0.2) is 35.7 Å². The van der Waals surface area contributed by atoms with Gasteiger partial charge in [0.1, 0.15) is 5.82 Å². The van der Waals surface area contributed by atoms with Crippen molar-refractivity contribution in [2.75, 3.05) is 30.9 Å². The van der Waals surface area contributed by atoms with E-state index >= 15 is 0 Å². The number of aromatic amines is 1. The summed E-state index contributed by atoms with van der Waals surface area (Å²) >= 11 is 0. The number of amides is 1. The number of nitrogen functional groups attached to an aromatic ring is 1. The van der Waals surface area contributed by atoms with E-state index in [0.717, 1.165) is 31.2 Å². The third-order valence-electron chi connectivity index (χ3n) is 5.64. The Labute approximate surface area is 175 Å². The van der Waals surface area contributed by atoms with E-state index in [1.165, 1.54) is 9.47 Å². The molecule has 8 heteroatoms. The van der Waals surface area contributed by atoms with Gasteiger partial charge in [0, 0.05) is 26.7 Å². The lowest BCUT2D eigenvalue weighted by Crippen LogP contribution is -2.42. The number of benzene rings is 1. The van der Waals surface area contributed by atoms with Gasteiger partial charge in [-0.05, 0) is 30.7 Å². The van der Waals surface area contributed by atoms with Crippen LogP contribution in [0, 0.1) is 5.92 Å². The first-order chi connectivity index (χ1) is 14.5. The molecule has 0 saturated heterocycles. The zero-order valence-corrected chi connectivity index (χ0v) is 17.4. The Morgan fingerprint density at radius 2 is 1.93 bits per heavy atom. The number of ether oxygens (including phenoxy) is 1. The third kappa shape index (κ3) is 5.18. The molecule has 0 bridgehead atoms. The molecule has 162 valence electrons. The van der Waals surface area contributed by atoms with Crippen LogP contribution < -0.4 is 21.9 Å². The molecule has 0 spiro atoms. The molecule has 1 aliphatic carbocycles. The highest BCUT2D eigenvalue weighted by atomic mass is 16.5. The fraction of sp³-hybridized carbons (Fsp3) is 0.500. The number of methoxy groups -OCH3 is 1. The molecule has 1 saturated carbocycles. The van der Waals surface area contributed by atoms with Crippen LogP contribution >= 0.6 is 0 Å². The Morgan fingerprint density at radius 3 is 2.60 bits per heavy atom. The molecule has 0 unspecified atom stereocenters. The molecule has 0 aliphatic heterocycles. The molecule has 1 heterocycles. The molecule has 1 aromatic carbocycles. The largest absolute Gasteiger partial charge is 0.385 e. The highest BCUT2D eigenvalue weighted by Gasteiger charge is 2.27. The number of hydrogen-bond donors (Lipinski definition) is 2. The quantitative estimate of drug-likeness (QED) is 0.611. The molecule has 1 fully saturated rings. The van der Waals surface area contributed by atoms with Crippen LogP contribution in [0.3, 0.4) is 0 Å². The number of nitrogens with zero attached hydrogens (tertiary/aromatic N) is 2. The highest BCUT2D eigenvalue weighted by molar-refractivity contribution is 5.95. The topological polar surface area (TPSA) is 110 Å². The van der Waals surface area contributed by atoms with Crippen LogP contribution in [0.25, 0.3) is 0 Å². The summed E-state index contributed by atoms with van der Waals surface area (Å²) in [5, 5.41) is 0. The molecular formula is C22H30N4O4. The van der Waals surface area contributed by atoms with Crippen molar-refractivity contribution in [1.29, 1.82) is 0 Å². The van der Waals surface area contributed by atoms with Crippen molar-refractivity contribution in [2.45, 2.75) is 45.1 Å². The highest BCUT2D eigenvalue weighted by Crippen LogP contribution is 2.29. The first-order valence-electron chi connectivity index (χ1n) is 10.5. The van der Waals surface area contributed by atoms with Crippen molar-refractivity contribution in [3.63, 3.8) is 0 Å². The van der Waals surface area contributed by atoms with Crippen LogP contribution in [0.5, 0.6) is 0 Å². The Balaban J connectivity index is 1.96. The van der Waals surface area contributed by atoms with Gasteiger partial charge in [0.05, 0.1) is 6.54 Å². The zero-order chi connectivity index (χ0) is 21.5. The van der Waals surface area contributed by atoms with Crippen LogP contribution in [0.2, 0.25) is 0 Å². The number of carbonyl (C=O) groups excluding carboxylic acids is 1. The number of H-pyrrole nitrogens is 1. The number of carbonyl (C=O) groups is 1. The van der Waals surface area contributed by atoms with Crippen molar-refractivity contribution in [3.05, 3.63) is 56.7 Å². The Morgan fingerprint density at radius 1 is 1.23 bits per heavy atom. The first kappa shape index (κ1) is 21.8. The van der Waals surface area contributed by atoms with Crippen LogP contribution in [-0.2, 0) is 16.1 Å². The van der Waals surface area contributed by atoms with Gasteiger partial charge in [-0.3, -0.25) is 19.1 Å². The molecule has 2 aromatic rings. The maximum atomic E-state index is 13.1. The summed E-state index contributed by atoms with van der Waals surface area (Å²) in [7, 11) is 1.59. The van der Waals surface area contributed by atoms with Gasteiger partial charge >= 0.3 is 5.69 Å². The van der Waals surface area contributed by atoms with Crippen molar-refractivity contribution in [1.82, 2.24) is 9.55 Å². The lowest BCUT2D eigenvalue weighted by molar-refractivity contribution is -0.119. The fourth-order valence-corrected chi connectivity index (χ4v) is 4.06. The Kier molecular flexibility index (Phi) is 7.46. The predicted octanol–water partition coefficient (Wildman–Crippen LogP) is 2.12. The summed E-state index contributed by atoms with van der Waals surface area (Å²) in [5.74, 6) is 0.197. The van der Waals surface area contributed by atoms with Gasteiger partial charge in [0.15, 0.2) is 5.69 Å². The number of rotatable bonds is 9. The number of nitrogens with two attached hydrogens (primary N) is 1. The number of aromatic nitrogens is 2. The summed E-state index contributed by atoms with van der Waals surface area (Å²) in [4.78, 5) is 42.1. The van der Waals surface area contributed by atoms with Crippen LogP contribution in [0.15, 0.2) is 39.9 Å². The van der Waals surface area contributed by atoms with Gasteiger partial charge < -0.3 is 15.4 Å². The van der Waals surface area contributed by atoms with Gasteiger partial charge in [0.2, 0.25) is 5.91 Å². The molecular weight excluding hydrogens is 384 g/mol. The van der Waals surface area contributed by atoms with Crippen LogP contribution in [0.1, 0.15) is 44.1 Å². The Hall–Kier alpha value is -2.87. The minimum absolute atomic E-state index is 0.00444. The molecule has 1 aliphatic rings. The van der Waals surface area contributed by atoms with Gasteiger partial charge in [-0.25, -0.2) is 4.79 Å². The average molecular weight is 415 g/mol. The van der Waals surface area contributed by atoms with E-state index in [4.69, 9.17) is 10.5 Å². The maximum absolute atomic E-state index is 13.1. The molecule has 30 heavy (non-hydrogen) atoms. The molecule has 1 amide bonds. The normalized spacial score (nSPS) is 14.2. The van der Waals surface area contributed by atoms with E-state index in [-0.39, 0.29) is 24.0 Å². The first-order valence-corrected chi connectivity index (χ1v) is 10.5. The predicted molar refractivity (Wildman–Crippen MR) is 117 cm³/mol. The lowest BCUT2D eigenvalue weighted by atomic mass is 10.0. The van der Waals surface area contributed by atoms with Crippen molar-refractivity contribution >= 4 is 17.4 Å². The number of nitrogens with one attached hydrogen (secondary N) is 1. The monoisotopic (exact) mass is 414 g/mol. The zero-order valence-electron chi connectivity index (χ0n) is 17.4. The van der Waals surface area contributed by atoms with Crippen molar-refractivity contribution < 1.29 is 9.53 Å². The second kappa shape index (κ2) is 10.2. The van der Waals surface area contributed by atoms with E-state index in [9.17, 15) is 14.4 Å². The summed E-state index contributed by atoms with van der Waals surface area (Å²) in [6.07, 6.45) is 5.25. The summed E-state index contributed by atoms with van der Waals surface area (Å²) in [6, 6.07) is 9.36. The van der Waals surface area contributed by atoms with Crippen LogP contribution in [0.4, 0.5) is 11.5 Å². The molecule has 0 atom stereocenters. The standard InChI is InChI=1S/C22H30N4O4/c1-30-13-7-12-25(18(27)14-16-8-5-6-9-16)19-20(23)26(22(29)24-21(19)28)15-17-10-3-2-4-11-17/h2-4,10-11,16H,5-9,12-15,23H2,1H3,(H,24,28,29). The Bertz CT molecular complexity index is 961. The van der Waals surface area contributed by atoms with E-state index in [2.05, 4.69) is 4.98 Å². The van der Waals surface area contributed by atoms with E-state index in [1.54, 1.807) is 7.11 Å². The fourth-order valence-electron chi connectivity index (χ4n) is 4.06. The van der Waals surface area contributed by atoms with Gasteiger partial charge in [-0.2, -0.15) is 0 Å².